The normalized spacial score (nSPS) is 29.1. The van der Waals surface area contributed by atoms with Crippen molar-refractivity contribution in [2.75, 3.05) is 25.0 Å². The summed E-state index contributed by atoms with van der Waals surface area (Å²) in [7, 11) is 0. The number of fused-ring (bicyclic) bond motifs is 2. The van der Waals surface area contributed by atoms with Gasteiger partial charge < -0.3 is 29.2 Å². The van der Waals surface area contributed by atoms with Crippen LogP contribution in [0.15, 0.2) is 12.7 Å². The molecular weight excluding hydrogens is 430 g/mol. The van der Waals surface area contributed by atoms with Gasteiger partial charge >= 0.3 is 6.09 Å². The van der Waals surface area contributed by atoms with Gasteiger partial charge in [0.05, 0.1) is 19.0 Å². The molecule has 12 nitrogen and oxygen atoms in total. The fraction of sp³-hybridized carbons (Fsp3) is 0.667. The number of piperidine rings is 1. The predicted molar refractivity (Wildman–Crippen MR) is 114 cm³/mol. The van der Waals surface area contributed by atoms with E-state index in [1.54, 1.807) is 22.7 Å². The quantitative estimate of drug-likeness (QED) is 0.723. The van der Waals surface area contributed by atoms with Crippen LogP contribution in [0.25, 0.3) is 11.2 Å². The van der Waals surface area contributed by atoms with Crippen molar-refractivity contribution in [2.45, 2.75) is 70.0 Å². The van der Waals surface area contributed by atoms with Crippen LogP contribution in [-0.4, -0.2) is 80.3 Å². The predicted octanol–water partition coefficient (Wildman–Crippen LogP) is 1.80. The highest BCUT2D eigenvalue weighted by molar-refractivity contribution is 5.82. The standard InChI is InChI=1S/C21H27N7O5/c1-4-30-20(29)27-7-5-12(6-8-27)26-17-14-18(24-10-23-17)28(11-25-14)19-16-15(13(9-22)31-19)32-21(2,3)33-16/h10-13,15-16,19H,4-8H2,1-3H3,(H,23,24,26)/t13-,15-,16-,19-/m1/s1. The minimum Gasteiger partial charge on any atom is -0.450 e. The lowest BCUT2D eigenvalue weighted by Crippen LogP contribution is -2.42. The van der Waals surface area contributed by atoms with E-state index in [0.29, 0.717) is 36.7 Å². The Morgan fingerprint density at radius 3 is 2.76 bits per heavy atom. The van der Waals surface area contributed by atoms with Crippen molar-refractivity contribution in [1.82, 2.24) is 24.4 Å². The minimum absolute atomic E-state index is 0.140. The third-order valence-electron chi connectivity index (χ3n) is 6.15. The maximum atomic E-state index is 11.9. The first-order valence-corrected chi connectivity index (χ1v) is 11.2. The van der Waals surface area contributed by atoms with Gasteiger partial charge in [-0.25, -0.2) is 19.7 Å². The van der Waals surface area contributed by atoms with Gasteiger partial charge in [-0.15, -0.1) is 0 Å². The number of carbonyl (C=O) groups excluding carboxylic acids is 1. The monoisotopic (exact) mass is 457 g/mol. The van der Waals surface area contributed by atoms with Gasteiger partial charge in [0, 0.05) is 19.1 Å². The Morgan fingerprint density at radius 1 is 1.27 bits per heavy atom. The van der Waals surface area contributed by atoms with E-state index in [4.69, 9.17) is 18.9 Å². The van der Waals surface area contributed by atoms with Crippen LogP contribution in [0, 0.1) is 11.3 Å². The molecule has 0 aromatic carbocycles. The second-order valence-electron chi connectivity index (χ2n) is 8.79. The number of imidazole rings is 1. The largest absolute Gasteiger partial charge is 0.450 e. The maximum Gasteiger partial charge on any atom is 0.409 e. The summed E-state index contributed by atoms with van der Waals surface area (Å²) in [6.07, 6.45) is 2.08. The molecule has 3 aliphatic heterocycles. The van der Waals surface area contributed by atoms with Crippen LogP contribution in [0.5, 0.6) is 0 Å². The van der Waals surface area contributed by atoms with E-state index < -0.39 is 30.3 Å². The zero-order valence-corrected chi connectivity index (χ0v) is 18.8. The minimum atomic E-state index is -0.803. The average molecular weight is 457 g/mol. The molecule has 0 aliphatic carbocycles. The second-order valence-corrected chi connectivity index (χ2v) is 8.79. The SMILES string of the molecule is CCOC(=O)N1CCC(Nc2ncnc3c2ncn3[C@@H]2O[C@H](C#N)[C@H]3OC(C)(C)O[C@H]32)CC1. The van der Waals surface area contributed by atoms with Crippen molar-refractivity contribution >= 4 is 23.1 Å². The summed E-state index contributed by atoms with van der Waals surface area (Å²) in [6, 6.07) is 2.30. The van der Waals surface area contributed by atoms with Crippen molar-refractivity contribution in [1.29, 1.82) is 5.26 Å². The summed E-state index contributed by atoms with van der Waals surface area (Å²) in [6.45, 7) is 7.03. The summed E-state index contributed by atoms with van der Waals surface area (Å²) in [5.74, 6) is -0.188. The molecular formula is C21H27N7O5. The average Bonchev–Trinajstić information content (AvgIpc) is 3.45. The van der Waals surface area contributed by atoms with Crippen molar-refractivity contribution in [3.8, 4) is 6.07 Å². The summed E-state index contributed by atoms with van der Waals surface area (Å²) in [4.78, 5) is 27.0. The molecule has 5 rings (SSSR count). The summed E-state index contributed by atoms with van der Waals surface area (Å²) in [5.41, 5.74) is 1.18. The fourth-order valence-electron chi connectivity index (χ4n) is 4.66. The van der Waals surface area contributed by atoms with Crippen molar-refractivity contribution in [3.05, 3.63) is 12.7 Å². The summed E-state index contributed by atoms with van der Waals surface area (Å²) in [5, 5.41) is 13.0. The first kappa shape index (κ1) is 21.8. The Kier molecular flexibility index (Phi) is 5.55. The Hall–Kier alpha value is -3.01. The van der Waals surface area contributed by atoms with E-state index in [-0.39, 0.29) is 12.1 Å². The number of rotatable bonds is 4. The van der Waals surface area contributed by atoms with Gasteiger partial charge in [0.15, 0.2) is 35.1 Å². The van der Waals surface area contributed by atoms with Crippen LogP contribution in [0.3, 0.4) is 0 Å². The zero-order chi connectivity index (χ0) is 23.2. The molecule has 12 heteroatoms. The first-order valence-electron chi connectivity index (χ1n) is 11.2. The lowest BCUT2D eigenvalue weighted by molar-refractivity contribution is -0.190. The van der Waals surface area contributed by atoms with E-state index in [1.807, 2.05) is 13.8 Å². The summed E-state index contributed by atoms with van der Waals surface area (Å²) < 4.78 is 24.7. The molecule has 0 spiro atoms. The Bertz CT molecular complexity index is 1070. The molecule has 3 saturated heterocycles. The third-order valence-corrected chi connectivity index (χ3v) is 6.15. The highest BCUT2D eigenvalue weighted by Crippen LogP contribution is 2.43. The lowest BCUT2D eigenvalue weighted by Gasteiger charge is -2.31. The molecule has 0 radical (unpaired) electrons. The Balaban J connectivity index is 1.33. The number of hydrogen-bond acceptors (Lipinski definition) is 10. The van der Waals surface area contributed by atoms with Crippen molar-refractivity contribution in [3.63, 3.8) is 0 Å². The number of nitrogens with zero attached hydrogens (tertiary/aromatic N) is 6. The van der Waals surface area contributed by atoms with Gasteiger partial charge in [-0.2, -0.15) is 5.26 Å². The van der Waals surface area contributed by atoms with Crippen LogP contribution in [0.1, 0.15) is 39.8 Å². The highest BCUT2D eigenvalue weighted by Gasteiger charge is 2.56. The van der Waals surface area contributed by atoms with Crippen LogP contribution in [0.4, 0.5) is 10.6 Å². The molecule has 0 unspecified atom stereocenters. The van der Waals surface area contributed by atoms with Gasteiger partial charge in [0.1, 0.15) is 18.5 Å². The number of amides is 1. The van der Waals surface area contributed by atoms with E-state index in [1.165, 1.54) is 6.33 Å². The number of carbonyl (C=O) groups is 1. The Morgan fingerprint density at radius 2 is 2.03 bits per heavy atom. The molecule has 5 heterocycles. The maximum absolute atomic E-state index is 11.9. The van der Waals surface area contributed by atoms with E-state index in [9.17, 15) is 10.1 Å². The molecule has 0 saturated carbocycles. The fourth-order valence-corrected chi connectivity index (χ4v) is 4.66. The number of anilines is 1. The van der Waals surface area contributed by atoms with Crippen molar-refractivity contribution in [2.24, 2.45) is 0 Å². The molecule has 2 aromatic heterocycles. The lowest BCUT2D eigenvalue weighted by atomic mass is 10.1. The number of hydrogen-bond donors (Lipinski definition) is 1. The topological polar surface area (TPSA) is 137 Å². The molecule has 0 bridgehead atoms. The Labute approximate surface area is 190 Å². The van der Waals surface area contributed by atoms with Crippen LogP contribution >= 0.6 is 0 Å². The van der Waals surface area contributed by atoms with E-state index in [2.05, 4.69) is 26.3 Å². The molecule has 1 N–H and O–H groups in total. The third kappa shape index (κ3) is 3.96. The van der Waals surface area contributed by atoms with Gasteiger partial charge in [0.2, 0.25) is 0 Å². The molecule has 3 aliphatic rings. The molecule has 176 valence electrons. The van der Waals surface area contributed by atoms with E-state index in [0.717, 1.165) is 12.8 Å². The number of ether oxygens (including phenoxy) is 4. The summed E-state index contributed by atoms with van der Waals surface area (Å²) >= 11 is 0. The van der Waals surface area contributed by atoms with Gasteiger partial charge in [-0.1, -0.05) is 0 Å². The van der Waals surface area contributed by atoms with E-state index >= 15 is 0 Å². The number of likely N-dealkylation sites (tertiary alicyclic amines) is 1. The molecule has 2 aromatic rings. The van der Waals surface area contributed by atoms with Gasteiger partial charge in [-0.3, -0.25) is 4.57 Å². The number of aromatic nitrogens is 4. The molecule has 4 atom stereocenters. The van der Waals surface area contributed by atoms with Crippen LogP contribution < -0.4 is 5.32 Å². The van der Waals surface area contributed by atoms with Gasteiger partial charge in [-0.05, 0) is 33.6 Å². The first-order chi connectivity index (χ1) is 15.9. The molecule has 1 amide bonds. The number of nitrogens with one attached hydrogen (secondary N) is 1. The second kappa shape index (κ2) is 8.40. The van der Waals surface area contributed by atoms with Crippen LogP contribution in [-0.2, 0) is 18.9 Å². The zero-order valence-electron chi connectivity index (χ0n) is 18.8. The van der Waals surface area contributed by atoms with Crippen LogP contribution in [0.2, 0.25) is 0 Å². The molecule has 3 fully saturated rings. The smallest absolute Gasteiger partial charge is 0.409 e. The van der Waals surface area contributed by atoms with Gasteiger partial charge in [0.25, 0.3) is 0 Å². The molecule has 33 heavy (non-hydrogen) atoms. The van der Waals surface area contributed by atoms with Crippen molar-refractivity contribution < 1.29 is 23.7 Å². The number of nitriles is 1. The highest BCUT2D eigenvalue weighted by atomic mass is 16.8.